The molecule has 0 spiro atoms. The van der Waals surface area contributed by atoms with Crippen LogP contribution in [0.3, 0.4) is 0 Å². The highest BCUT2D eigenvalue weighted by molar-refractivity contribution is 5.44. The Bertz CT molecular complexity index is 382. The van der Waals surface area contributed by atoms with Crippen LogP contribution in [0, 0.1) is 0 Å². The fourth-order valence-corrected chi connectivity index (χ4v) is 2.22. The lowest BCUT2D eigenvalue weighted by atomic mass is 10.1. The maximum absolute atomic E-state index is 9.70. The molecule has 0 aromatic heterocycles. The lowest BCUT2D eigenvalue weighted by molar-refractivity contribution is 0.0764. The number of hydrogen-bond acceptors (Lipinski definition) is 3. The molecule has 1 aromatic carbocycles. The van der Waals surface area contributed by atoms with E-state index in [1.54, 1.807) is 19.9 Å². The fourth-order valence-electron chi connectivity index (χ4n) is 2.22. The fraction of sp³-hybridized carbons (Fsp3) is 0.538. The zero-order valence-electron chi connectivity index (χ0n) is 9.83. The Balaban J connectivity index is 2.09. The minimum absolute atomic E-state index is 0.258. The first-order valence-corrected chi connectivity index (χ1v) is 5.74. The summed E-state index contributed by atoms with van der Waals surface area (Å²) in [6.45, 7) is 4.14. The highest BCUT2D eigenvalue weighted by Crippen LogP contribution is 2.36. The molecule has 2 rings (SSSR count). The minimum atomic E-state index is -0.695. The maximum Gasteiger partial charge on any atom is 0.119 e. The van der Waals surface area contributed by atoms with Crippen molar-refractivity contribution in [1.82, 2.24) is 5.32 Å². The molecule has 88 valence electrons. The Kier molecular flexibility index (Phi) is 2.91. The molecule has 0 saturated heterocycles. The van der Waals surface area contributed by atoms with E-state index >= 15 is 0 Å². The standard InChI is InChI=1S/C13H19NO2/c1-13(2,16)8-14-11-7-6-10-9(11)4-3-5-12(10)15/h3-5,11,14-16H,6-8H2,1-2H3. The van der Waals surface area contributed by atoms with E-state index in [0.29, 0.717) is 12.3 Å². The van der Waals surface area contributed by atoms with Crippen molar-refractivity contribution in [2.24, 2.45) is 0 Å². The second-order valence-corrected chi connectivity index (χ2v) is 5.13. The van der Waals surface area contributed by atoms with Crippen LogP contribution >= 0.6 is 0 Å². The maximum atomic E-state index is 9.70. The van der Waals surface area contributed by atoms with E-state index in [9.17, 15) is 10.2 Å². The second-order valence-electron chi connectivity index (χ2n) is 5.13. The number of phenolic OH excluding ortho intramolecular Hbond substituents is 1. The quantitative estimate of drug-likeness (QED) is 0.728. The van der Waals surface area contributed by atoms with E-state index in [1.165, 1.54) is 5.56 Å². The third-order valence-corrected chi connectivity index (χ3v) is 3.03. The molecule has 0 bridgehead atoms. The highest BCUT2D eigenvalue weighted by Gasteiger charge is 2.25. The summed E-state index contributed by atoms with van der Waals surface area (Å²) in [7, 11) is 0. The SMILES string of the molecule is CC(C)(O)CNC1CCc2c(O)cccc21. The van der Waals surface area contributed by atoms with Crippen molar-refractivity contribution in [3.63, 3.8) is 0 Å². The minimum Gasteiger partial charge on any atom is -0.508 e. The summed E-state index contributed by atoms with van der Waals surface area (Å²) in [6.07, 6.45) is 1.90. The average molecular weight is 221 g/mol. The van der Waals surface area contributed by atoms with Gasteiger partial charge in [0.05, 0.1) is 5.60 Å². The first-order chi connectivity index (χ1) is 7.47. The van der Waals surface area contributed by atoms with Crippen LogP contribution in [-0.4, -0.2) is 22.4 Å². The number of nitrogens with one attached hydrogen (secondary N) is 1. The van der Waals surface area contributed by atoms with Crippen LogP contribution in [0.15, 0.2) is 18.2 Å². The smallest absolute Gasteiger partial charge is 0.119 e. The molecule has 0 heterocycles. The summed E-state index contributed by atoms with van der Waals surface area (Å²) < 4.78 is 0. The van der Waals surface area contributed by atoms with E-state index in [0.717, 1.165) is 18.4 Å². The molecule has 0 fully saturated rings. The van der Waals surface area contributed by atoms with E-state index in [1.807, 2.05) is 12.1 Å². The number of benzene rings is 1. The monoisotopic (exact) mass is 221 g/mol. The van der Waals surface area contributed by atoms with Gasteiger partial charge in [0.1, 0.15) is 5.75 Å². The number of rotatable bonds is 3. The molecule has 0 amide bonds. The summed E-state index contributed by atoms with van der Waals surface area (Å²) in [5, 5.41) is 22.7. The summed E-state index contributed by atoms with van der Waals surface area (Å²) in [5.41, 5.74) is 1.53. The molecule has 16 heavy (non-hydrogen) atoms. The zero-order chi connectivity index (χ0) is 11.8. The number of aliphatic hydroxyl groups is 1. The van der Waals surface area contributed by atoms with Crippen molar-refractivity contribution >= 4 is 0 Å². The number of fused-ring (bicyclic) bond motifs is 1. The van der Waals surface area contributed by atoms with Gasteiger partial charge in [0, 0.05) is 12.6 Å². The van der Waals surface area contributed by atoms with Crippen molar-refractivity contribution in [2.75, 3.05) is 6.54 Å². The van der Waals surface area contributed by atoms with Gasteiger partial charge >= 0.3 is 0 Å². The van der Waals surface area contributed by atoms with Crippen LogP contribution in [0.25, 0.3) is 0 Å². The third-order valence-electron chi connectivity index (χ3n) is 3.03. The van der Waals surface area contributed by atoms with Crippen LogP contribution in [0.2, 0.25) is 0 Å². The van der Waals surface area contributed by atoms with Crippen LogP contribution in [0.5, 0.6) is 5.75 Å². The predicted molar refractivity (Wildman–Crippen MR) is 63.5 cm³/mol. The van der Waals surface area contributed by atoms with E-state index in [2.05, 4.69) is 5.32 Å². The second kappa shape index (κ2) is 4.07. The molecule has 0 saturated carbocycles. The van der Waals surface area contributed by atoms with Crippen molar-refractivity contribution < 1.29 is 10.2 Å². The molecule has 1 atom stereocenters. The van der Waals surface area contributed by atoms with Crippen LogP contribution in [0.4, 0.5) is 0 Å². The molecular formula is C13H19NO2. The van der Waals surface area contributed by atoms with Gasteiger partial charge in [0.15, 0.2) is 0 Å². The van der Waals surface area contributed by atoms with Crippen molar-refractivity contribution in [3.05, 3.63) is 29.3 Å². The van der Waals surface area contributed by atoms with Crippen LogP contribution < -0.4 is 5.32 Å². The van der Waals surface area contributed by atoms with Crippen LogP contribution in [0.1, 0.15) is 37.4 Å². The van der Waals surface area contributed by atoms with E-state index in [-0.39, 0.29) is 6.04 Å². The van der Waals surface area contributed by atoms with Gasteiger partial charge in [0.2, 0.25) is 0 Å². The summed E-state index contributed by atoms with van der Waals surface area (Å²) in [6, 6.07) is 5.91. The third kappa shape index (κ3) is 2.36. The van der Waals surface area contributed by atoms with Gasteiger partial charge in [-0.05, 0) is 43.9 Å². The number of hydrogen-bond donors (Lipinski definition) is 3. The molecule has 3 nitrogen and oxygen atoms in total. The molecule has 1 aliphatic carbocycles. The van der Waals surface area contributed by atoms with Gasteiger partial charge in [-0.15, -0.1) is 0 Å². The molecule has 3 N–H and O–H groups in total. The Labute approximate surface area is 96.1 Å². The van der Waals surface area contributed by atoms with E-state index < -0.39 is 5.60 Å². The first-order valence-electron chi connectivity index (χ1n) is 5.74. The number of aromatic hydroxyl groups is 1. The Morgan fingerprint density at radius 1 is 1.44 bits per heavy atom. The van der Waals surface area contributed by atoms with Gasteiger partial charge in [-0.3, -0.25) is 0 Å². The number of phenols is 1. The highest BCUT2D eigenvalue weighted by atomic mass is 16.3. The Hall–Kier alpha value is -1.06. The molecule has 0 radical (unpaired) electrons. The van der Waals surface area contributed by atoms with Gasteiger partial charge < -0.3 is 15.5 Å². The Morgan fingerprint density at radius 2 is 2.19 bits per heavy atom. The van der Waals surface area contributed by atoms with Crippen LogP contribution in [-0.2, 0) is 6.42 Å². The van der Waals surface area contributed by atoms with Gasteiger partial charge in [0.25, 0.3) is 0 Å². The van der Waals surface area contributed by atoms with Crippen molar-refractivity contribution in [1.29, 1.82) is 0 Å². The first kappa shape index (κ1) is 11.4. The summed E-state index contributed by atoms with van der Waals surface area (Å²) >= 11 is 0. The zero-order valence-corrected chi connectivity index (χ0v) is 9.83. The van der Waals surface area contributed by atoms with Crippen molar-refractivity contribution in [3.8, 4) is 5.75 Å². The molecule has 1 aromatic rings. The summed E-state index contributed by atoms with van der Waals surface area (Å²) in [4.78, 5) is 0. The summed E-state index contributed by atoms with van der Waals surface area (Å²) in [5.74, 6) is 0.394. The largest absolute Gasteiger partial charge is 0.508 e. The molecule has 1 aliphatic rings. The lowest BCUT2D eigenvalue weighted by Gasteiger charge is -2.22. The molecular weight excluding hydrogens is 202 g/mol. The molecule has 3 heteroatoms. The molecule has 0 aliphatic heterocycles. The average Bonchev–Trinajstić information content (AvgIpc) is 2.58. The van der Waals surface area contributed by atoms with Gasteiger partial charge in [-0.1, -0.05) is 12.1 Å². The van der Waals surface area contributed by atoms with E-state index in [4.69, 9.17) is 0 Å². The van der Waals surface area contributed by atoms with Gasteiger partial charge in [-0.2, -0.15) is 0 Å². The lowest BCUT2D eigenvalue weighted by Crippen LogP contribution is -2.36. The normalized spacial score (nSPS) is 19.8. The topological polar surface area (TPSA) is 52.5 Å². The molecule has 1 unspecified atom stereocenters. The van der Waals surface area contributed by atoms with Crippen molar-refractivity contribution in [2.45, 2.75) is 38.3 Å². The Morgan fingerprint density at radius 3 is 2.88 bits per heavy atom. The predicted octanol–water partition coefficient (Wildman–Crippen LogP) is 1.74. The van der Waals surface area contributed by atoms with Gasteiger partial charge in [-0.25, -0.2) is 0 Å².